The van der Waals surface area contributed by atoms with Crippen LogP contribution in [0.3, 0.4) is 0 Å². The zero-order valence-corrected chi connectivity index (χ0v) is 21.5. The van der Waals surface area contributed by atoms with Crippen LogP contribution in [0.25, 0.3) is 11.1 Å². The zero-order chi connectivity index (χ0) is 25.9. The summed E-state index contributed by atoms with van der Waals surface area (Å²) in [5, 5.41) is 33.2. The SMILES string of the molecule is Cc1ccc([N+](=O)[O-])c(-c2c([N+](=O)[O-])ccc(C)c2C)c1C.Cc1ccc([N+](=O)[O-])c(C)c1C.[Cu]. The van der Waals surface area contributed by atoms with Crippen molar-refractivity contribution in [1.29, 1.82) is 0 Å². The Morgan fingerprint density at radius 1 is 0.457 bits per heavy atom. The summed E-state index contributed by atoms with van der Waals surface area (Å²) in [7, 11) is 0. The Kier molecular flexibility index (Phi) is 9.82. The van der Waals surface area contributed by atoms with E-state index in [0.29, 0.717) is 22.3 Å². The maximum atomic E-state index is 11.4. The summed E-state index contributed by atoms with van der Waals surface area (Å²) in [6.07, 6.45) is 0. The predicted octanol–water partition coefficient (Wildman–Crippen LogP) is 6.92. The van der Waals surface area contributed by atoms with Gasteiger partial charge in [0.1, 0.15) is 0 Å². The van der Waals surface area contributed by atoms with Crippen LogP contribution in [-0.2, 0) is 17.1 Å². The normalized spacial score (nSPS) is 10.0. The number of hydrogen-bond donors (Lipinski definition) is 0. The molecule has 0 heterocycles. The van der Waals surface area contributed by atoms with Crippen LogP contribution in [0.15, 0.2) is 36.4 Å². The molecule has 3 rings (SSSR count). The molecular weight excluding hydrogens is 502 g/mol. The second-order valence-electron chi connectivity index (χ2n) is 8.23. The maximum absolute atomic E-state index is 11.4. The van der Waals surface area contributed by atoms with Gasteiger partial charge in [0, 0.05) is 40.8 Å². The van der Waals surface area contributed by atoms with Crippen LogP contribution in [0.1, 0.15) is 38.9 Å². The number of aryl methyl sites for hydroxylation is 3. The van der Waals surface area contributed by atoms with Crippen LogP contribution >= 0.6 is 0 Å². The van der Waals surface area contributed by atoms with Crippen molar-refractivity contribution >= 4 is 17.1 Å². The van der Waals surface area contributed by atoms with E-state index < -0.39 is 9.85 Å². The van der Waals surface area contributed by atoms with Crippen molar-refractivity contribution < 1.29 is 31.8 Å². The molecule has 0 unspecified atom stereocenters. The van der Waals surface area contributed by atoms with E-state index in [-0.39, 0.29) is 39.1 Å². The Morgan fingerprint density at radius 3 is 1.06 bits per heavy atom. The third-order valence-electron chi connectivity index (χ3n) is 6.30. The minimum absolute atomic E-state index is 0. The molecule has 0 aliphatic rings. The molecule has 0 fully saturated rings. The Labute approximate surface area is 214 Å². The van der Waals surface area contributed by atoms with Gasteiger partial charge >= 0.3 is 0 Å². The third kappa shape index (κ3) is 6.09. The van der Waals surface area contributed by atoms with Gasteiger partial charge in [-0.2, -0.15) is 0 Å². The average Bonchev–Trinajstić information content (AvgIpc) is 2.76. The fourth-order valence-corrected chi connectivity index (χ4v) is 3.68. The number of benzene rings is 3. The molecule has 0 amide bonds. The van der Waals surface area contributed by atoms with Crippen LogP contribution in [0.5, 0.6) is 0 Å². The second-order valence-corrected chi connectivity index (χ2v) is 8.23. The van der Waals surface area contributed by atoms with Crippen molar-refractivity contribution in [2.24, 2.45) is 0 Å². The third-order valence-corrected chi connectivity index (χ3v) is 6.30. The van der Waals surface area contributed by atoms with Gasteiger partial charge in [-0.25, -0.2) is 0 Å². The van der Waals surface area contributed by atoms with Crippen molar-refractivity contribution in [3.05, 3.63) is 106 Å². The van der Waals surface area contributed by atoms with Gasteiger partial charge < -0.3 is 0 Å². The molecule has 9 nitrogen and oxygen atoms in total. The Hall–Kier alpha value is -3.62. The molecule has 1 radical (unpaired) electrons. The van der Waals surface area contributed by atoms with Crippen LogP contribution in [0, 0.1) is 78.8 Å². The van der Waals surface area contributed by atoms with Crippen molar-refractivity contribution in [2.75, 3.05) is 0 Å². The molecule has 10 heteroatoms. The van der Waals surface area contributed by atoms with E-state index in [1.165, 1.54) is 12.1 Å². The minimum Gasteiger partial charge on any atom is -0.258 e. The maximum Gasteiger partial charge on any atom is 0.277 e. The Bertz CT molecular complexity index is 1250. The van der Waals surface area contributed by atoms with E-state index in [1.54, 1.807) is 45.0 Å². The number of nitro benzene ring substituents is 3. The van der Waals surface area contributed by atoms with Crippen LogP contribution in [0.4, 0.5) is 17.1 Å². The summed E-state index contributed by atoms with van der Waals surface area (Å²) in [6.45, 7) is 12.8. The van der Waals surface area contributed by atoms with Gasteiger partial charge in [-0.3, -0.25) is 30.3 Å². The largest absolute Gasteiger partial charge is 0.277 e. The number of nitrogens with zero attached hydrogens (tertiary/aromatic N) is 3. The molecule has 0 spiro atoms. The average molecular weight is 529 g/mol. The Balaban J connectivity index is 0.000000401. The molecule has 0 atom stereocenters. The van der Waals surface area contributed by atoms with Crippen LogP contribution < -0.4 is 0 Å². The molecular formula is C25H27CuN3O6. The number of nitro groups is 3. The molecule has 0 aromatic heterocycles. The van der Waals surface area contributed by atoms with Gasteiger partial charge in [-0.1, -0.05) is 18.2 Å². The molecule has 3 aromatic carbocycles. The number of rotatable bonds is 4. The predicted molar refractivity (Wildman–Crippen MR) is 131 cm³/mol. The topological polar surface area (TPSA) is 129 Å². The van der Waals surface area contributed by atoms with Crippen molar-refractivity contribution in [3.63, 3.8) is 0 Å². The summed E-state index contributed by atoms with van der Waals surface area (Å²) in [6, 6.07) is 9.46. The molecule has 0 saturated heterocycles. The summed E-state index contributed by atoms with van der Waals surface area (Å²) in [5.74, 6) is 0. The van der Waals surface area contributed by atoms with Gasteiger partial charge in [0.2, 0.25) is 0 Å². The van der Waals surface area contributed by atoms with Gasteiger partial charge in [-0.05, 0) is 81.8 Å². The van der Waals surface area contributed by atoms with E-state index in [4.69, 9.17) is 0 Å². The summed E-state index contributed by atoms with van der Waals surface area (Å²) in [4.78, 5) is 31.9. The fourth-order valence-electron chi connectivity index (χ4n) is 3.68. The van der Waals surface area contributed by atoms with Gasteiger partial charge in [-0.15, -0.1) is 0 Å². The Morgan fingerprint density at radius 2 is 0.743 bits per heavy atom. The smallest absolute Gasteiger partial charge is 0.258 e. The van der Waals surface area contributed by atoms with Gasteiger partial charge in [0.05, 0.1) is 25.9 Å². The van der Waals surface area contributed by atoms with E-state index in [2.05, 4.69) is 0 Å². The summed E-state index contributed by atoms with van der Waals surface area (Å²) >= 11 is 0. The molecule has 0 bridgehead atoms. The van der Waals surface area contributed by atoms with Crippen molar-refractivity contribution in [3.8, 4) is 11.1 Å². The molecule has 3 aromatic rings. The second kappa shape index (κ2) is 11.7. The standard InChI is InChI=1S/C16H16N2O4.C9H11NO2.Cu/c1-9-5-7-13(17(19)20)15(11(9)3)16-12(4)10(2)6-8-14(16)18(21)22;1-6-4-5-9(10(11)12)8(3)7(6)2;/h5-8H,1-4H3;4-5H,1-3H3;. The minimum atomic E-state index is -0.493. The summed E-state index contributed by atoms with van der Waals surface area (Å²) < 4.78 is 0. The first kappa shape index (κ1) is 29.4. The van der Waals surface area contributed by atoms with Crippen molar-refractivity contribution in [1.82, 2.24) is 0 Å². The molecule has 0 N–H and O–H groups in total. The molecule has 0 aliphatic carbocycles. The quantitative estimate of drug-likeness (QED) is 0.205. The summed E-state index contributed by atoms with van der Waals surface area (Å²) in [5.41, 5.74) is 6.60. The van der Waals surface area contributed by atoms with E-state index in [9.17, 15) is 30.3 Å². The molecule has 189 valence electrons. The molecule has 0 saturated carbocycles. The molecule has 35 heavy (non-hydrogen) atoms. The first-order valence-corrected chi connectivity index (χ1v) is 10.5. The fraction of sp³-hybridized carbons (Fsp3) is 0.280. The molecule has 0 aliphatic heterocycles. The first-order valence-electron chi connectivity index (χ1n) is 10.5. The van der Waals surface area contributed by atoms with E-state index >= 15 is 0 Å². The van der Waals surface area contributed by atoms with E-state index in [1.807, 2.05) is 27.7 Å². The van der Waals surface area contributed by atoms with Crippen molar-refractivity contribution in [2.45, 2.75) is 48.5 Å². The zero-order valence-electron chi connectivity index (χ0n) is 20.6. The van der Waals surface area contributed by atoms with E-state index in [0.717, 1.165) is 27.8 Å². The number of hydrogen-bond acceptors (Lipinski definition) is 6. The first-order chi connectivity index (χ1) is 15.8. The van der Waals surface area contributed by atoms with Crippen LogP contribution in [-0.4, -0.2) is 14.8 Å². The van der Waals surface area contributed by atoms with Crippen LogP contribution in [0.2, 0.25) is 0 Å². The monoisotopic (exact) mass is 528 g/mol. The van der Waals surface area contributed by atoms with Gasteiger partial charge in [0.15, 0.2) is 0 Å². The van der Waals surface area contributed by atoms with Gasteiger partial charge in [0.25, 0.3) is 17.1 Å².